The highest BCUT2D eigenvalue weighted by Crippen LogP contribution is 2.17. The van der Waals surface area contributed by atoms with Gasteiger partial charge in [0.05, 0.1) is 5.92 Å². The topological polar surface area (TPSA) is 74.8 Å². The molecule has 0 spiro atoms. The number of rotatable bonds is 4. The van der Waals surface area contributed by atoms with E-state index < -0.39 is 0 Å². The van der Waals surface area contributed by atoms with Gasteiger partial charge in [-0.2, -0.15) is 0 Å². The van der Waals surface area contributed by atoms with Gasteiger partial charge in [-0.3, -0.25) is 19.9 Å². The number of hydrogen-bond donors (Lipinski definition) is 2. The first-order valence-corrected chi connectivity index (χ1v) is 6.55. The Labute approximate surface area is 117 Å². The quantitative estimate of drug-likeness (QED) is 0.894. The molecule has 1 aromatic heterocycles. The van der Waals surface area contributed by atoms with Gasteiger partial charge in [0, 0.05) is 12.3 Å². The van der Waals surface area contributed by atoms with Gasteiger partial charge in [-0.1, -0.05) is 31.2 Å². The van der Waals surface area contributed by atoms with Crippen LogP contribution in [-0.4, -0.2) is 15.9 Å². The van der Waals surface area contributed by atoms with E-state index in [0.717, 1.165) is 12.0 Å². The zero-order valence-electron chi connectivity index (χ0n) is 11.5. The summed E-state index contributed by atoms with van der Waals surface area (Å²) in [6, 6.07) is 9.22. The fourth-order valence-corrected chi connectivity index (χ4v) is 1.85. The van der Waals surface area contributed by atoms with E-state index >= 15 is 0 Å². The van der Waals surface area contributed by atoms with Crippen LogP contribution < -0.4 is 10.9 Å². The first-order chi connectivity index (χ1) is 9.60. The molecule has 2 aromatic rings. The number of anilines is 1. The molecule has 1 heterocycles. The number of carbonyl (C=O) groups excluding carboxylic acids is 1. The molecule has 2 rings (SSSR count). The molecule has 1 unspecified atom stereocenters. The lowest BCUT2D eigenvalue weighted by Crippen LogP contribution is -2.22. The Balaban J connectivity index is 2.09. The monoisotopic (exact) mass is 271 g/mol. The summed E-state index contributed by atoms with van der Waals surface area (Å²) >= 11 is 0. The minimum Gasteiger partial charge on any atom is -0.296 e. The molecule has 0 aliphatic carbocycles. The van der Waals surface area contributed by atoms with Crippen LogP contribution in [0.4, 0.5) is 5.95 Å². The summed E-state index contributed by atoms with van der Waals surface area (Å²) in [5.41, 5.74) is 1.86. The lowest BCUT2D eigenvalue weighted by molar-refractivity contribution is -0.117. The third kappa shape index (κ3) is 3.32. The second-order valence-electron chi connectivity index (χ2n) is 4.59. The van der Waals surface area contributed by atoms with Crippen LogP contribution in [0.3, 0.4) is 0 Å². The Bertz CT molecular complexity index is 647. The van der Waals surface area contributed by atoms with E-state index in [2.05, 4.69) is 22.2 Å². The second-order valence-corrected chi connectivity index (χ2v) is 4.59. The number of aryl methyl sites for hydroxylation is 1. The van der Waals surface area contributed by atoms with Crippen molar-refractivity contribution in [3.8, 4) is 0 Å². The third-order valence-electron chi connectivity index (χ3n) is 3.19. The average molecular weight is 271 g/mol. The van der Waals surface area contributed by atoms with E-state index in [9.17, 15) is 9.59 Å². The Kier molecular flexibility index (Phi) is 4.30. The van der Waals surface area contributed by atoms with E-state index in [1.807, 2.05) is 31.2 Å². The van der Waals surface area contributed by atoms with Gasteiger partial charge in [-0.15, -0.1) is 0 Å². The van der Waals surface area contributed by atoms with Crippen LogP contribution in [0.25, 0.3) is 0 Å². The molecular formula is C15H17N3O2. The van der Waals surface area contributed by atoms with Gasteiger partial charge in [0.15, 0.2) is 0 Å². The third-order valence-corrected chi connectivity index (χ3v) is 3.19. The molecule has 0 aliphatic heterocycles. The lowest BCUT2D eigenvalue weighted by Gasteiger charge is -2.12. The van der Waals surface area contributed by atoms with Crippen molar-refractivity contribution in [2.45, 2.75) is 26.2 Å². The maximum atomic E-state index is 12.1. The normalized spacial score (nSPS) is 11.9. The molecule has 0 radical (unpaired) electrons. The van der Waals surface area contributed by atoms with Gasteiger partial charge >= 0.3 is 0 Å². The molecule has 5 heteroatoms. The molecule has 1 aromatic carbocycles. The van der Waals surface area contributed by atoms with Crippen molar-refractivity contribution >= 4 is 11.9 Å². The highest BCUT2D eigenvalue weighted by atomic mass is 16.2. The van der Waals surface area contributed by atoms with Crippen molar-refractivity contribution in [3.63, 3.8) is 0 Å². The number of nitrogens with zero attached hydrogens (tertiary/aromatic N) is 1. The molecule has 0 saturated heterocycles. The predicted molar refractivity (Wildman–Crippen MR) is 77.7 cm³/mol. The molecular weight excluding hydrogens is 254 g/mol. The largest absolute Gasteiger partial charge is 0.296 e. The minimum absolute atomic E-state index is 0.166. The van der Waals surface area contributed by atoms with Crippen LogP contribution in [0.15, 0.2) is 41.3 Å². The fourth-order valence-electron chi connectivity index (χ4n) is 1.85. The molecule has 0 aliphatic rings. The molecule has 0 fully saturated rings. The van der Waals surface area contributed by atoms with Gasteiger partial charge in [0.2, 0.25) is 11.9 Å². The lowest BCUT2D eigenvalue weighted by atomic mass is 9.98. The van der Waals surface area contributed by atoms with Crippen molar-refractivity contribution in [1.29, 1.82) is 0 Å². The van der Waals surface area contributed by atoms with Crippen molar-refractivity contribution in [2.24, 2.45) is 0 Å². The number of aromatic amines is 1. The molecule has 1 amide bonds. The summed E-state index contributed by atoms with van der Waals surface area (Å²) in [6.45, 7) is 3.90. The first kappa shape index (κ1) is 14.0. The number of aromatic nitrogens is 2. The average Bonchev–Trinajstić information content (AvgIpc) is 2.46. The van der Waals surface area contributed by atoms with Gasteiger partial charge < -0.3 is 0 Å². The maximum absolute atomic E-state index is 12.1. The summed E-state index contributed by atoms with van der Waals surface area (Å²) < 4.78 is 0. The number of H-pyrrole nitrogens is 1. The van der Waals surface area contributed by atoms with Crippen LogP contribution in [-0.2, 0) is 11.2 Å². The standard InChI is InChI=1S/C15H17N3O2/c1-3-11-4-6-12(7-5-11)10(2)14(20)18-15-16-9-8-13(19)17-15/h4-10H,3H2,1-2H3,(H2,16,17,18,19,20). The van der Waals surface area contributed by atoms with Crippen LogP contribution in [0.2, 0.25) is 0 Å². The Morgan fingerprint density at radius 3 is 2.60 bits per heavy atom. The van der Waals surface area contributed by atoms with Gasteiger partial charge in [0.1, 0.15) is 0 Å². The van der Waals surface area contributed by atoms with Gasteiger partial charge in [-0.05, 0) is 24.5 Å². The predicted octanol–water partition coefficient (Wildman–Crippen LogP) is 2.07. The van der Waals surface area contributed by atoms with Gasteiger partial charge in [0.25, 0.3) is 5.56 Å². The zero-order chi connectivity index (χ0) is 14.5. The SMILES string of the molecule is CCc1ccc(C(C)C(=O)Nc2nccc(=O)[nH]2)cc1. The second kappa shape index (κ2) is 6.14. The summed E-state index contributed by atoms with van der Waals surface area (Å²) in [5, 5.41) is 2.60. The van der Waals surface area contributed by atoms with Crippen LogP contribution in [0.1, 0.15) is 30.9 Å². The summed E-state index contributed by atoms with van der Waals surface area (Å²) in [5.74, 6) is -0.352. The molecule has 20 heavy (non-hydrogen) atoms. The smallest absolute Gasteiger partial charge is 0.252 e. The van der Waals surface area contributed by atoms with Crippen LogP contribution in [0, 0.1) is 0 Å². The number of amides is 1. The van der Waals surface area contributed by atoms with Crippen LogP contribution in [0.5, 0.6) is 0 Å². The Morgan fingerprint density at radius 1 is 1.30 bits per heavy atom. The maximum Gasteiger partial charge on any atom is 0.252 e. The molecule has 0 saturated carbocycles. The molecule has 104 valence electrons. The summed E-state index contributed by atoms with van der Waals surface area (Å²) in [6.07, 6.45) is 2.32. The van der Waals surface area contributed by atoms with Crippen molar-refractivity contribution in [1.82, 2.24) is 9.97 Å². The van der Waals surface area contributed by atoms with E-state index in [1.165, 1.54) is 17.8 Å². The van der Waals surface area contributed by atoms with Crippen LogP contribution >= 0.6 is 0 Å². The van der Waals surface area contributed by atoms with E-state index in [-0.39, 0.29) is 23.3 Å². The number of benzene rings is 1. The Morgan fingerprint density at radius 2 is 2.00 bits per heavy atom. The van der Waals surface area contributed by atoms with E-state index in [0.29, 0.717) is 0 Å². The molecule has 0 bridgehead atoms. The van der Waals surface area contributed by atoms with Gasteiger partial charge in [-0.25, -0.2) is 4.98 Å². The molecule has 5 nitrogen and oxygen atoms in total. The highest BCUT2D eigenvalue weighted by Gasteiger charge is 2.15. The number of hydrogen-bond acceptors (Lipinski definition) is 3. The van der Waals surface area contributed by atoms with Crippen molar-refractivity contribution < 1.29 is 4.79 Å². The molecule has 1 atom stereocenters. The van der Waals surface area contributed by atoms with E-state index in [4.69, 9.17) is 0 Å². The number of nitrogens with one attached hydrogen (secondary N) is 2. The highest BCUT2D eigenvalue weighted by molar-refractivity contribution is 5.94. The zero-order valence-corrected chi connectivity index (χ0v) is 11.5. The number of carbonyl (C=O) groups is 1. The van der Waals surface area contributed by atoms with Crippen molar-refractivity contribution in [3.05, 3.63) is 58.0 Å². The fraction of sp³-hybridized carbons (Fsp3) is 0.267. The summed E-state index contributed by atoms with van der Waals surface area (Å²) in [7, 11) is 0. The molecule has 2 N–H and O–H groups in total. The summed E-state index contributed by atoms with van der Waals surface area (Å²) in [4.78, 5) is 29.6. The first-order valence-electron chi connectivity index (χ1n) is 6.55. The van der Waals surface area contributed by atoms with E-state index in [1.54, 1.807) is 0 Å². The van der Waals surface area contributed by atoms with Crippen molar-refractivity contribution in [2.75, 3.05) is 5.32 Å². The Hall–Kier alpha value is -2.43. The minimum atomic E-state index is -0.314.